The summed E-state index contributed by atoms with van der Waals surface area (Å²) in [6.45, 7) is 3.95. The van der Waals surface area contributed by atoms with Crippen LogP contribution in [0.3, 0.4) is 0 Å². The van der Waals surface area contributed by atoms with Gasteiger partial charge in [-0.3, -0.25) is 0 Å². The third-order valence-corrected chi connectivity index (χ3v) is 3.91. The van der Waals surface area contributed by atoms with Crippen LogP contribution in [0.4, 0.5) is 0 Å². The van der Waals surface area contributed by atoms with Gasteiger partial charge in [0.05, 0.1) is 13.2 Å². The Morgan fingerprint density at radius 2 is 1.95 bits per heavy atom. The Hall–Kier alpha value is -1.06. The molecule has 1 aliphatic carbocycles. The largest absolute Gasteiger partial charge is 0.494 e. The molecule has 0 heterocycles. The van der Waals surface area contributed by atoms with Crippen LogP contribution in [0.5, 0.6) is 5.75 Å². The van der Waals surface area contributed by atoms with Gasteiger partial charge in [0.1, 0.15) is 11.9 Å². The van der Waals surface area contributed by atoms with Crippen LogP contribution in [0.1, 0.15) is 50.7 Å². The third-order valence-electron chi connectivity index (χ3n) is 3.91. The smallest absolute Gasteiger partial charge is 0.119 e. The number of hydrogen-bond acceptors (Lipinski definition) is 3. The lowest BCUT2D eigenvalue weighted by Crippen LogP contribution is -2.15. The van der Waals surface area contributed by atoms with Gasteiger partial charge < -0.3 is 14.6 Å². The Morgan fingerprint density at radius 1 is 1.20 bits per heavy atom. The first-order chi connectivity index (χ1) is 9.79. The van der Waals surface area contributed by atoms with Gasteiger partial charge in [-0.1, -0.05) is 38.3 Å². The second-order valence-corrected chi connectivity index (χ2v) is 5.59. The quantitative estimate of drug-likeness (QED) is 0.700. The molecular weight excluding hydrogens is 252 g/mol. The Bertz CT molecular complexity index is 370. The molecule has 112 valence electrons. The molecule has 0 spiro atoms. The lowest BCUT2D eigenvalue weighted by molar-refractivity contribution is 0.0266. The molecule has 0 saturated heterocycles. The molecule has 1 unspecified atom stereocenters. The molecule has 0 amide bonds. The van der Waals surface area contributed by atoms with E-state index in [4.69, 9.17) is 9.47 Å². The molecule has 1 atom stereocenters. The van der Waals surface area contributed by atoms with E-state index >= 15 is 0 Å². The van der Waals surface area contributed by atoms with Crippen molar-refractivity contribution in [2.24, 2.45) is 5.92 Å². The molecule has 1 aliphatic rings. The van der Waals surface area contributed by atoms with Gasteiger partial charge >= 0.3 is 0 Å². The molecule has 0 aromatic heterocycles. The number of aliphatic hydroxyl groups is 1. The third kappa shape index (κ3) is 4.80. The average molecular weight is 278 g/mol. The van der Waals surface area contributed by atoms with E-state index in [0.717, 1.165) is 43.3 Å². The van der Waals surface area contributed by atoms with Gasteiger partial charge in [0.2, 0.25) is 0 Å². The summed E-state index contributed by atoms with van der Waals surface area (Å²) in [7, 11) is 0. The van der Waals surface area contributed by atoms with E-state index in [-0.39, 0.29) is 0 Å². The molecule has 0 aliphatic heterocycles. The molecule has 20 heavy (non-hydrogen) atoms. The Kier molecular flexibility index (Phi) is 6.34. The van der Waals surface area contributed by atoms with Crippen LogP contribution in [-0.4, -0.2) is 24.9 Å². The zero-order valence-electron chi connectivity index (χ0n) is 12.4. The van der Waals surface area contributed by atoms with Crippen molar-refractivity contribution in [3.05, 3.63) is 29.8 Å². The van der Waals surface area contributed by atoms with Crippen LogP contribution >= 0.6 is 0 Å². The highest BCUT2D eigenvalue weighted by Crippen LogP contribution is 2.29. The fourth-order valence-electron chi connectivity index (χ4n) is 2.33. The monoisotopic (exact) mass is 278 g/mol. The minimum absolute atomic E-state index is 0.377. The molecule has 1 saturated carbocycles. The second-order valence-electron chi connectivity index (χ2n) is 5.59. The van der Waals surface area contributed by atoms with Gasteiger partial charge in [0.15, 0.2) is 0 Å². The predicted molar refractivity (Wildman–Crippen MR) is 80.0 cm³/mol. The topological polar surface area (TPSA) is 38.7 Å². The maximum Gasteiger partial charge on any atom is 0.119 e. The minimum atomic E-state index is -0.545. The van der Waals surface area contributed by atoms with Gasteiger partial charge in [0.25, 0.3) is 0 Å². The highest BCUT2D eigenvalue weighted by atomic mass is 16.5. The van der Waals surface area contributed by atoms with E-state index in [9.17, 15) is 5.11 Å². The van der Waals surface area contributed by atoms with Crippen molar-refractivity contribution in [3.8, 4) is 5.75 Å². The maximum atomic E-state index is 10.1. The van der Waals surface area contributed by atoms with Crippen molar-refractivity contribution in [3.63, 3.8) is 0 Å². The molecule has 0 radical (unpaired) electrons. The number of benzene rings is 1. The van der Waals surface area contributed by atoms with Crippen LogP contribution < -0.4 is 4.74 Å². The van der Waals surface area contributed by atoms with Gasteiger partial charge in [0, 0.05) is 6.61 Å². The maximum absolute atomic E-state index is 10.1. The average Bonchev–Trinajstić information content (AvgIpc) is 2.43. The summed E-state index contributed by atoms with van der Waals surface area (Å²) in [5, 5.41) is 10.1. The second kappa shape index (κ2) is 8.28. The van der Waals surface area contributed by atoms with E-state index < -0.39 is 6.10 Å². The first-order valence-electron chi connectivity index (χ1n) is 7.78. The van der Waals surface area contributed by atoms with Crippen LogP contribution in [0.2, 0.25) is 0 Å². The fraction of sp³-hybridized carbons (Fsp3) is 0.647. The zero-order chi connectivity index (χ0) is 14.2. The summed E-state index contributed by atoms with van der Waals surface area (Å²) < 4.78 is 11.1. The Labute approximate surface area is 121 Å². The molecule has 1 aromatic carbocycles. The molecule has 1 fully saturated rings. The molecule has 1 aromatic rings. The van der Waals surface area contributed by atoms with E-state index in [0.29, 0.717) is 6.61 Å². The summed E-state index contributed by atoms with van der Waals surface area (Å²) in [6, 6.07) is 7.63. The molecule has 0 bridgehead atoms. The standard InChI is InChI=1S/C17H26O3/c1-2-11-20-16-8-6-15(7-9-16)17(18)13-19-12-10-14-4-3-5-14/h6-9,14,17-18H,2-5,10-13H2,1H3. The molecule has 3 nitrogen and oxygen atoms in total. The van der Waals surface area contributed by atoms with Crippen molar-refractivity contribution in [1.29, 1.82) is 0 Å². The van der Waals surface area contributed by atoms with E-state index in [1.807, 2.05) is 24.3 Å². The van der Waals surface area contributed by atoms with E-state index in [2.05, 4.69) is 6.92 Å². The fourth-order valence-corrected chi connectivity index (χ4v) is 2.33. The summed E-state index contributed by atoms with van der Waals surface area (Å²) in [5.41, 5.74) is 0.887. The lowest BCUT2D eigenvalue weighted by atomic mass is 9.83. The lowest BCUT2D eigenvalue weighted by Gasteiger charge is -2.25. The highest BCUT2D eigenvalue weighted by molar-refractivity contribution is 5.28. The number of ether oxygens (including phenoxy) is 2. The molecule has 3 heteroatoms. The van der Waals surface area contributed by atoms with Crippen molar-refractivity contribution in [2.75, 3.05) is 19.8 Å². The first-order valence-corrected chi connectivity index (χ1v) is 7.78. The molecule has 2 rings (SSSR count). The first kappa shape index (κ1) is 15.3. The number of hydrogen-bond donors (Lipinski definition) is 1. The zero-order valence-corrected chi connectivity index (χ0v) is 12.4. The van der Waals surface area contributed by atoms with Crippen LogP contribution in [0.25, 0.3) is 0 Å². The van der Waals surface area contributed by atoms with Gasteiger partial charge in [-0.2, -0.15) is 0 Å². The number of rotatable bonds is 9. The Balaban J connectivity index is 1.66. The van der Waals surface area contributed by atoms with Crippen molar-refractivity contribution < 1.29 is 14.6 Å². The summed E-state index contributed by atoms with van der Waals surface area (Å²) >= 11 is 0. The minimum Gasteiger partial charge on any atom is -0.494 e. The predicted octanol–water partition coefficient (Wildman–Crippen LogP) is 3.72. The summed E-state index contributed by atoms with van der Waals surface area (Å²) in [6.07, 6.45) is 5.67. The van der Waals surface area contributed by atoms with Gasteiger partial charge in [-0.25, -0.2) is 0 Å². The number of aliphatic hydroxyl groups excluding tert-OH is 1. The van der Waals surface area contributed by atoms with E-state index in [1.54, 1.807) is 0 Å². The highest BCUT2D eigenvalue weighted by Gasteiger charge is 2.17. The van der Waals surface area contributed by atoms with Crippen molar-refractivity contribution in [1.82, 2.24) is 0 Å². The van der Waals surface area contributed by atoms with Crippen LogP contribution in [-0.2, 0) is 4.74 Å². The summed E-state index contributed by atoms with van der Waals surface area (Å²) in [4.78, 5) is 0. The molecule has 1 N–H and O–H groups in total. The van der Waals surface area contributed by atoms with Crippen LogP contribution in [0.15, 0.2) is 24.3 Å². The van der Waals surface area contributed by atoms with Crippen LogP contribution in [0, 0.1) is 5.92 Å². The normalized spacial score (nSPS) is 16.7. The van der Waals surface area contributed by atoms with E-state index in [1.165, 1.54) is 19.3 Å². The summed E-state index contributed by atoms with van der Waals surface area (Å²) in [5.74, 6) is 1.72. The van der Waals surface area contributed by atoms with Gasteiger partial charge in [-0.05, 0) is 36.5 Å². The SMILES string of the molecule is CCCOc1ccc(C(O)COCCC2CCC2)cc1. The van der Waals surface area contributed by atoms with Crippen molar-refractivity contribution >= 4 is 0 Å². The van der Waals surface area contributed by atoms with Gasteiger partial charge in [-0.15, -0.1) is 0 Å². The van der Waals surface area contributed by atoms with Crippen molar-refractivity contribution in [2.45, 2.75) is 45.1 Å². The molecular formula is C17H26O3. The Morgan fingerprint density at radius 3 is 2.55 bits per heavy atom.